The fraction of sp³-hybridized carbons (Fsp3) is 0.909. The number of unbranched alkanes of at least 4 members (excludes halogenated alkanes) is 2. The Hall–Kier alpha value is -0.280. The molecule has 0 radical (unpaired) electrons. The minimum absolute atomic E-state index is 0. The summed E-state index contributed by atoms with van der Waals surface area (Å²) in [6, 6.07) is -0.0550. The second-order valence-electron chi connectivity index (χ2n) is 3.70. The fourth-order valence-electron chi connectivity index (χ4n) is 1.33. The molecule has 0 aromatic heterocycles. The molecule has 2 N–H and O–H groups in total. The smallest absolute Gasteiger partial charge is 0.310 e. The summed E-state index contributed by atoms with van der Waals surface area (Å²) in [6.45, 7) is 6.24. The van der Waals surface area contributed by atoms with E-state index in [1.807, 2.05) is 13.8 Å². The van der Waals surface area contributed by atoms with Gasteiger partial charge in [0.1, 0.15) is 0 Å². The van der Waals surface area contributed by atoms with Crippen molar-refractivity contribution in [1.29, 1.82) is 0 Å². The van der Waals surface area contributed by atoms with Crippen LogP contribution < -0.4 is 5.73 Å². The van der Waals surface area contributed by atoms with E-state index in [2.05, 4.69) is 6.92 Å². The van der Waals surface area contributed by atoms with Crippen LogP contribution in [0.5, 0.6) is 0 Å². The van der Waals surface area contributed by atoms with Crippen LogP contribution >= 0.6 is 12.4 Å². The first-order valence-corrected chi connectivity index (χ1v) is 5.55. The molecule has 0 saturated carbocycles. The zero-order chi connectivity index (χ0) is 11.0. The van der Waals surface area contributed by atoms with Crippen LogP contribution in [0.2, 0.25) is 0 Å². The Balaban J connectivity index is 0. The highest BCUT2D eigenvalue weighted by Crippen LogP contribution is 2.11. The number of esters is 1. The lowest BCUT2D eigenvalue weighted by Gasteiger charge is -2.17. The van der Waals surface area contributed by atoms with Crippen molar-refractivity contribution >= 4 is 18.4 Å². The molecule has 0 aromatic carbocycles. The molecular weight excluding hydrogens is 214 g/mol. The largest absolute Gasteiger partial charge is 0.466 e. The van der Waals surface area contributed by atoms with E-state index in [1.165, 1.54) is 12.8 Å². The summed E-state index contributed by atoms with van der Waals surface area (Å²) in [6.07, 6.45) is 4.37. The van der Waals surface area contributed by atoms with Gasteiger partial charge in [-0.15, -0.1) is 12.4 Å². The summed E-state index contributed by atoms with van der Waals surface area (Å²) in [5.74, 6) is -0.344. The molecule has 0 amide bonds. The number of carbonyl (C=O) groups excluding carboxylic acids is 1. The van der Waals surface area contributed by atoms with Crippen LogP contribution in [0.25, 0.3) is 0 Å². The number of halogens is 1. The molecule has 0 bridgehead atoms. The summed E-state index contributed by atoms with van der Waals surface area (Å²) in [7, 11) is 0. The first-order chi connectivity index (χ1) is 6.63. The van der Waals surface area contributed by atoms with E-state index in [1.54, 1.807) is 0 Å². The number of rotatable bonds is 7. The van der Waals surface area contributed by atoms with Crippen LogP contribution in [-0.4, -0.2) is 18.6 Å². The maximum atomic E-state index is 11.3. The molecule has 3 nitrogen and oxygen atoms in total. The van der Waals surface area contributed by atoms with Crippen LogP contribution in [0.3, 0.4) is 0 Å². The lowest BCUT2D eigenvalue weighted by atomic mass is 9.97. The Morgan fingerprint density at radius 3 is 2.40 bits per heavy atom. The maximum Gasteiger partial charge on any atom is 0.310 e. The average molecular weight is 238 g/mol. The number of hydrogen-bond acceptors (Lipinski definition) is 3. The van der Waals surface area contributed by atoms with Gasteiger partial charge in [0.05, 0.1) is 12.5 Å². The van der Waals surface area contributed by atoms with Crippen molar-refractivity contribution in [2.24, 2.45) is 11.7 Å². The highest BCUT2D eigenvalue weighted by molar-refractivity contribution is 5.85. The predicted molar refractivity (Wildman–Crippen MR) is 65.2 cm³/mol. The molecule has 2 atom stereocenters. The maximum absolute atomic E-state index is 11.3. The molecule has 0 rings (SSSR count). The van der Waals surface area contributed by atoms with E-state index in [4.69, 9.17) is 10.5 Å². The van der Waals surface area contributed by atoms with Gasteiger partial charge in [-0.05, 0) is 13.3 Å². The molecule has 4 heteroatoms. The summed E-state index contributed by atoms with van der Waals surface area (Å²) in [5.41, 5.74) is 5.89. The number of ether oxygens (including phenoxy) is 1. The van der Waals surface area contributed by atoms with Crippen molar-refractivity contribution in [3.05, 3.63) is 0 Å². The highest BCUT2D eigenvalue weighted by Gasteiger charge is 2.20. The van der Waals surface area contributed by atoms with Gasteiger partial charge in [0.15, 0.2) is 0 Å². The van der Waals surface area contributed by atoms with Crippen LogP contribution in [0.4, 0.5) is 0 Å². The van der Waals surface area contributed by atoms with E-state index in [0.29, 0.717) is 6.61 Å². The second kappa shape index (κ2) is 10.2. The minimum Gasteiger partial charge on any atom is -0.466 e. The Morgan fingerprint density at radius 2 is 1.93 bits per heavy atom. The lowest BCUT2D eigenvalue weighted by Crippen LogP contribution is -2.34. The van der Waals surface area contributed by atoms with Gasteiger partial charge in [0.25, 0.3) is 0 Å². The normalized spacial score (nSPS) is 13.9. The first-order valence-electron chi connectivity index (χ1n) is 5.55. The molecular formula is C11H24ClNO2. The van der Waals surface area contributed by atoms with Gasteiger partial charge in [-0.25, -0.2) is 0 Å². The Bertz CT molecular complexity index is 165. The van der Waals surface area contributed by atoms with Gasteiger partial charge in [0.2, 0.25) is 0 Å². The van der Waals surface area contributed by atoms with Gasteiger partial charge in [-0.1, -0.05) is 33.1 Å². The van der Waals surface area contributed by atoms with Crippen LogP contribution in [0.1, 0.15) is 46.5 Å². The van der Waals surface area contributed by atoms with Crippen LogP contribution in [0.15, 0.2) is 0 Å². The lowest BCUT2D eigenvalue weighted by molar-refractivity contribution is -0.148. The summed E-state index contributed by atoms with van der Waals surface area (Å²) in [5, 5.41) is 0. The molecule has 0 aliphatic carbocycles. The third-order valence-corrected chi connectivity index (χ3v) is 2.44. The fourth-order valence-corrected chi connectivity index (χ4v) is 1.33. The van der Waals surface area contributed by atoms with Gasteiger partial charge in [0, 0.05) is 6.04 Å². The van der Waals surface area contributed by atoms with Crippen molar-refractivity contribution < 1.29 is 9.53 Å². The molecule has 0 saturated heterocycles. The zero-order valence-corrected chi connectivity index (χ0v) is 10.8. The molecule has 0 aliphatic heterocycles. The first kappa shape index (κ1) is 17.1. The van der Waals surface area contributed by atoms with Crippen LogP contribution in [-0.2, 0) is 9.53 Å². The molecule has 0 aliphatic rings. The number of carbonyl (C=O) groups is 1. The zero-order valence-electron chi connectivity index (χ0n) is 9.99. The predicted octanol–water partition coefficient (Wildman–Crippen LogP) is 2.52. The standard InChI is InChI=1S/C11H23NO2.ClH/c1-4-6-7-8-10(12)9(3)11(13)14-5-2;/h9-10H,4-8,12H2,1-3H3;1H. The Kier molecular flexibility index (Phi) is 11.7. The van der Waals surface area contributed by atoms with Crippen LogP contribution in [0, 0.1) is 5.92 Å². The van der Waals surface area contributed by atoms with Gasteiger partial charge in [-0.2, -0.15) is 0 Å². The molecule has 0 spiro atoms. The monoisotopic (exact) mass is 237 g/mol. The molecule has 0 aromatic rings. The Morgan fingerprint density at radius 1 is 1.33 bits per heavy atom. The number of hydrogen-bond donors (Lipinski definition) is 1. The van der Waals surface area contributed by atoms with Gasteiger partial charge < -0.3 is 10.5 Å². The summed E-state index contributed by atoms with van der Waals surface area (Å²) in [4.78, 5) is 11.3. The molecule has 0 fully saturated rings. The van der Waals surface area contributed by atoms with Crippen molar-refractivity contribution in [3.63, 3.8) is 0 Å². The van der Waals surface area contributed by atoms with Crippen molar-refractivity contribution in [1.82, 2.24) is 0 Å². The SMILES string of the molecule is CCCCCC(N)C(C)C(=O)OCC.Cl. The van der Waals surface area contributed by atoms with E-state index in [-0.39, 0.29) is 30.3 Å². The summed E-state index contributed by atoms with van der Waals surface area (Å²) < 4.78 is 4.91. The molecule has 92 valence electrons. The van der Waals surface area contributed by atoms with E-state index in [0.717, 1.165) is 12.8 Å². The van der Waals surface area contributed by atoms with E-state index in [9.17, 15) is 4.79 Å². The third kappa shape index (κ3) is 7.63. The highest BCUT2D eigenvalue weighted by atomic mass is 35.5. The Labute approximate surface area is 99.2 Å². The minimum atomic E-state index is -0.174. The topological polar surface area (TPSA) is 52.3 Å². The number of nitrogens with two attached hydrogens (primary N) is 1. The van der Waals surface area contributed by atoms with Crippen molar-refractivity contribution in [2.45, 2.75) is 52.5 Å². The van der Waals surface area contributed by atoms with Gasteiger partial charge >= 0.3 is 5.97 Å². The molecule has 15 heavy (non-hydrogen) atoms. The third-order valence-electron chi connectivity index (χ3n) is 2.44. The second-order valence-corrected chi connectivity index (χ2v) is 3.70. The average Bonchev–Trinajstić information content (AvgIpc) is 2.17. The van der Waals surface area contributed by atoms with Crippen molar-refractivity contribution in [3.8, 4) is 0 Å². The van der Waals surface area contributed by atoms with E-state index < -0.39 is 0 Å². The van der Waals surface area contributed by atoms with Gasteiger partial charge in [-0.3, -0.25) is 4.79 Å². The van der Waals surface area contributed by atoms with E-state index >= 15 is 0 Å². The molecule has 2 unspecified atom stereocenters. The summed E-state index contributed by atoms with van der Waals surface area (Å²) >= 11 is 0. The quantitative estimate of drug-likeness (QED) is 0.547. The molecule has 0 heterocycles. The van der Waals surface area contributed by atoms with Crippen molar-refractivity contribution in [2.75, 3.05) is 6.61 Å².